The topological polar surface area (TPSA) is 88.4 Å². The Bertz CT molecular complexity index is 812. The highest BCUT2D eigenvalue weighted by molar-refractivity contribution is 7.13. The van der Waals surface area contributed by atoms with Gasteiger partial charge in [-0.05, 0) is 49.9 Å². The largest absolute Gasteiger partial charge is 0.337 e. The third-order valence-corrected chi connectivity index (χ3v) is 6.25. The number of rotatable bonds is 3. The number of fused-ring (bicyclic) bond motifs is 1. The van der Waals surface area contributed by atoms with Crippen molar-refractivity contribution in [1.82, 2.24) is 15.2 Å². The first-order valence-corrected chi connectivity index (χ1v) is 9.70. The highest BCUT2D eigenvalue weighted by Gasteiger charge is 2.32. The van der Waals surface area contributed by atoms with Gasteiger partial charge in [0.1, 0.15) is 10.7 Å². The SMILES string of the molecule is Cl.O=C(c1csc(-c2ccc([N+](=O)[O-])cc2)n1)N1CC[C@@H]2CNC[C@@H]2CC1. The number of nitrogens with zero attached hydrogens (tertiary/aromatic N) is 3. The standard InChI is InChI=1S/C18H20N4O3S.ClH/c23-18(21-7-5-13-9-19-10-14(13)6-8-21)16-11-26-17(20-16)12-1-3-15(4-2-12)22(24)25;/h1-4,11,13-14,19H,5-10H2;1H/t13-,14+;. The molecule has 1 aromatic heterocycles. The van der Waals surface area contributed by atoms with Crippen LogP contribution in [0.2, 0.25) is 0 Å². The van der Waals surface area contributed by atoms with E-state index < -0.39 is 4.92 Å². The maximum absolute atomic E-state index is 12.8. The second kappa shape index (κ2) is 8.33. The van der Waals surface area contributed by atoms with Crippen LogP contribution in [-0.4, -0.2) is 46.9 Å². The molecule has 1 amide bonds. The van der Waals surface area contributed by atoms with E-state index in [-0.39, 0.29) is 24.0 Å². The van der Waals surface area contributed by atoms with Crippen molar-refractivity contribution < 1.29 is 9.72 Å². The van der Waals surface area contributed by atoms with Crippen molar-refractivity contribution >= 4 is 35.3 Å². The quantitative estimate of drug-likeness (QED) is 0.622. The number of nitrogens with one attached hydrogen (secondary N) is 1. The molecule has 2 aromatic rings. The molecule has 144 valence electrons. The lowest BCUT2D eigenvalue weighted by atomic mass is 9.92. The molecular weight excluding hydrogens is 388 g/mol. The van der Waals surface area contributed by atoms with Crippen LogP contribution in [-0.2, 0) is 0 Å². The fraction of sp³-hybridized carbons (Fsp3) is 0.444. The smallest absolute Gasteiger partial charge is 0.273 e. The lowest BCUT2D eigenvalue weighted by Gasteiger charge is -2.19. The summed E-state index contributed by atoms with van der Waals surface area (Å²) in [6, 6.07) is 6.26. The first-order valence-electron chi connectivity index (χ1n) is 8.82. The summed E-state index contributed by atoms with van der Waals surface area (Å²) in [5, 5.41) is 16.7. The average molecular weight is 409 g/mol. The third kappa shape index (κ3) is 4.12. The summed E-state index contributed by atoms with van der Waals surface area (Å²) < 4.78 is 0. The lowest BCUT2D eigenvalue weighted by Crippen LogP contribution is -2.33. The molecule has 0 saturated carbocycles. The predicted octanol–water partition coefficient (Wildman–Crippen LogP) is 3.21. The zero-order valence-electron chi connectivity index (χ0n) is 14.7. The summed E-state index contributed by atoms with van der Waals surface area (Å²) in [4.78, 5) is 29.6. The number of carbonyl (C=O) groups excluding carboxylic acids is 1. The number of likely N-dealkylation sites (tertiary alicyclic amines) is 1. The molecule has 4 rings (SSSR count). The van der Waals surface area contributed by atoms with Crippen molar-refractivity contribution in [3.05, 3.63) is 45.5 Å². The third-order valence-electron chi connectivity index (χ3n) is 5.35. The van der Waals surface area contributed by atoms with Crippen LogP contribution >= 0.6 is 23.7 Å². The molecule has 2 aliphatic heterocycles. The Hall–Kier alpha value is -2.03. The maximum Gasteiger partial charge on any atom is 0.273 e. The number of amides is 1. The van der Waals surface area contributed by atoms with Gasteiger partial charge in [0, 0.05) is 36.2 Å². The summed E-state index contributed by atoms with van der Waals surface area (Å²) in [5.41, 5.74) is 1.30. The minimum atomic E-state index is -0.426. The van der Waals surface area contributed by atoms with Gasteiger partial charge in [-0.1, -0.05) is 0 Å². The van der Waals surface area contributed by atoms with E-state index in [9.17, 15) is 14.9 Å². The molecule has 1 aromatic carbocycles. The molecule has 2 atom stereocenters. The van der Waals surface area contributed by atoms with Gasteiger partial charge in [-0.2, -0.15) is 0 Å². The zero-order valence-corrected chi connectivity index (χ0v) is 16.3. The second-order valence-corrected chi connectivity index (χ2v) is 7.75. The van der Waals surface area contributed by atoms with Crippen molar-refractivity contribution in [2.75, 3.05) is 26.2 Å². The molecule has 0 spiro atoms. The Labute approximate surface area is 167 Å². The Balaban J connectivity index is 0.00000210. The molecule has 27 heavy (non-hydrogen) atoms. The molecule has 0 unspecified atom stereocenters. The van der Waals surface area contributed by atoms with E-state index in [1.54, 1.807) is 17.5 Å². The van der Waals surface area contributed by atoms with E-state index >= 15 is 0 Å². The van der Waals surface area contributed by atoms with Gasteiger partial charge in [-0.25, -0.2) is 4.98 Å². The summed E-state index contributed by atoms with van der Waals surface area (Å²) in [6.07, 6.45) is 2.09. The van der Waals surface area contributed by atoms with E-state index in [4.69, 9.17) is 0 Å². The fourth-order valence-corrected chi connectivity index (χ4v) is 4.61. The van der Waals surface area contributed by atoms with Crippen molar-refractivity contribution in [2.24, 2.45) is 11.8 Å². The van der Waals surface area contributed by atoms with Crippen LogP contribution in [0.4, 0.5) is 5.69 Å². The molecule has 1 N–H and O–H groups in total. The highest BCUT2D eigenvalue weighted by Crippen LogP contribution is 2.29. The lowest BCUT2D eigenvalue weighted by molar-refractivity contribution is -0.384. The van der Waals surface area contributed by atoms with Crippen molar-refractivity contribution in [3.8, 4) is 10.6 Å². The van der Waals surface area contributed by atoms with Crippen molar-refractivity contribution in [1.29, 1.82) is 0 Å². The number of benzene rings is 1. The summed E-state index contributed by atoms with van der Waals surface area (Å²) >= 11 is 1.39. The Morgan fingerprint density at radius 3 is 2.41 bits per heavy atom. The monoisotopic (exact) mass is 408 g/mol. The molecule has 2 saturated heterocycles. The summed E-state index contributed by atoms with van der Waals surface area (Å²) in [7, 11) is 0. The van der Waals surface area contributed by atoms with Gasteiger partial charge in [0.05, 0.1) is 4.92 Å². The summed E-state index contributed by atoms with van der Waals surface area (Å²) in [5.74, 6) is 1.35. The van der Waals surface area contributed by atoms with Gasteiger partial charge in [-0.3, -0.25) is 14.9 Å². The van der Waals surface area contributed by atoms with E-state index in [0.717, 1.165) is 44.6 Å². The van der Waals surface area contributed by atoms with Gasteiger partial charge in [0.25, 0.3) is 11.6 Å². The number of halogens is 1. The molecule has 0 aliphatic carbocycles. The van der Waals surface area contributed by atoms with Gasteiger partial charge in [0.15, 0.2) is 0 Å². The van der Waals surface area contributed by atoms with Crippen LogP contribution in [0.5, 0.6) is 0 Å². The second-order valence-electron chi connectivity index (χ2n) is 6.89. The first-order chi connectivity index (χ1) is 12.6. The predicted molar refractivity (Wildman–Crippen MR) is 106 cm³/mol. The van der Waals surface area contributed by atoms with Crippen molar-refractivity contribution in [3.63, 3.8) is 0 Å². The Morgan fingerprint density at radius 2 is 1.81 bits per heavy atom. The zero-order chi connectivity index (χ0) is 18.1. The van der Waals surface area contributed by atoms with Crippen LogP contribution in [0.25, 0.3) is 10.6 Å². The number of hydrogen-bond acceptors (Lipinski definition) is 6. The molecule has 0 bridgehead atoms. The molecule has 2 aliphatic rings. The van der Waals surface area contributed by atoms with Crippen LogP contribution in [0.3, 0.4) is 0 Å². The van der Waals surface area contributed by atoms with Crippen LogP contribution < -0.4 is 5.32 Å². The summed E-state index contributed by atoms with van der Waals surface area (Å²) in [6.45, 7) is 3.69. The minimum Gasteiger partial charge on any atom is -0.337 e. The molecule has 7 nitrogen and oxygen atoms in total. The Kier molecular flexibility index (Phi) is 6.08. The normalized spacial score (nSPS) is 21.9. The van der Waals surface area contributed by atoms with E-state index in [2.05, 4.69) is 10.3 Å². The van der Waals surface area contributed by atoms with Crippen LogP contribution in [0, 0.1) is 22.0 Å². The Morgan fingerprint density at radius 1 is 1.19 bits per heavy atom. The van der Waals surface area contributed by atoms with Gasteiger partial charge < -0.3 is 10.2 Å². The average Bonchev–Trinajstić information content (AvgIpc) is 3.27. The van der Waals surface area contributed by atoms with Crippen molar-refractivity contribution in [2.45, 2.75) is 12.8 Å². The first kappa shape index (κ1) is 19.7. The molecule has 0 radical (unpaired) electrons. The van der Waals surface area contributed by atoms with Gasteiger partial charge >= 0.3 is 0 Å². The molecule has 3 heterocycles. The molecule has 2 fully saturated rings. The fourth-order valence-electron chi connectivity index (χ4n) is 3.81. The number of carbonyl (C=O) groups is 1. The van der Waals surface area contributed by atoms with Gasteiger partial charge in [0.2, 0.25) is 0 Å². The van der Waals surface area contributed by atoms with E-state index in [1.807, 2.05) is 4.90 Å². The van der Waals surface area contributed by atoms with Crippen LogP contribution in [0.1, 0.15) is 23.3 Å². The van der Waals surface area contributed by atoms with E-state index in [1.165, 1.54) is 23.5 Å². The number of non-ortho nitro benzene ring substituents is 1. The van der Waals surface area contributed by atoms with Gasteiger partial charge in [-0.15, -0.1) is 23.7 Å². The number of hydrogen-bond donors (Lipinski definition) is 1. The number of nitro benzene ring substituents is 1. The number of aromatic nitrogens is 1. The van der Waals surface area contributed by atoms with E-state index in [0.29, 0.717) is 22.5 Å². The minimum absolute atomic E-state index is 0. The highest BCUT2D eigenvalue weighted by atomic mass is 35.5. The molecular formula is C18H21ClN4O3S. The van der Waals surface area contributed by atoms with Crippen LogP contribution in [0.15, 0.2) is 29.6 Å². The number of nitro groups is 1. The number of thiazole rings is 1. The maximum atomic E-state index is 12.8. The molecule has 9 heteroatoms.